The van der Waals surface area contributed by atoms with Gasteiger partial charge in [0.15, 0.2) is 0 Å². The van der Waals surface area contributed by atoms with Gasteiger partial charge in [0, 0.05) is 22.8 Å². The van der Waals surface area contributed by atoms with E-state index in [4.69, 9.17) is 4.74 Å². The van der Waals surface area contributed by atoms with Gasteiger partial charge in [-0.05, 0) is 23.3 Å². The average molecular weight is 318 g/mol. The van der Waals surface area contributed by atoms with Crippen molar-refractivity contribution in [2.75, 3.05) is 19.0 Å². The number of hydrogen-bond acceptors (Lipinski definition) is 2. The van der Waals surface area contributed by atoms with Crippen molar-refractivity contribution in [2.45, 2.75) is 0 Å². The van der Waals surface area contributed by atoms with Gasteiger partial charge in [-0.2, -0.15) is 0 Å². The molecule has 2 nitrogen and oxygen atoms in total. The first kappa shape index (κ1) is 13.7. The maximum atomic E-state index is 5.23. The lowest BCUT2D eigenvalue weighted by Gasteiger charge is -2.11. The van der Waals surface area contributed by atoms with Crippen LogP contribution in [0.1, 0.15) is 5.56 Å². The topological polar surface area (TPSA) is 21.3 Å². The van der Waals surface area contributed by atoms with E-state index in [0.29, 0.717) is 6.54 Å². The molecule has 0 heterocycles. The standard InChI is InChI=1S/C16H16BrNO/c1-12(13-6-4-3-5-7-13)11-18-15-8-14(17)9-16(10-15)19-2/h3-10,18H,1,11H2,2H3. The molecule has 0 spiro atoms. The maximum Gasteiger partial charge on any atom is 0.122 e. The lowest BCUT2D eigenvalue weighted by Crippen LogP contribution is -2.03. The van der Waals surface area contributed by atoms with Crippen LogP contribution in [0.5, 0.6) is 5.75 Å². The second-order valence-corrected chi connectivity index (χ2v) is 5.12. The van der Waals surface area contributed by atoms with Gasteiger partial charge in [0.25, 0.3) is 0 Å². The predicted octanol–water partition coefficient (Wildman–Crippen LogP) is 4.58. The molecular weight excluding hydrogens is 302 g/mol. The fourth-order valence-electron chi connectivity index (χ4n) is 1.77. The number of methoxy groups -OCH3 is 1. The van der Waals surface area contributed by atoms with Crippen LogP contribution >= 0.6 is 15.9 Å². The fraction of sp³-hybridized carbons (Fsp3) is 0.125. The Kier molecular flexibility index (Phi) is 4.63. The van der Waals surface area contributed by atoms with Gasteiger partial charge in [0.1, 0.15) is 5.75 Å². The molecule has 19 heavy (non-hydrogen) atoms. The first-order valence-electron chi connectivity index (χ1n) is 6.00. The van der Waals surface area contributed by atoms with Crippen LogP contribution < -0.4 is 10.1 Å². The van der Waals surface area contributed by atoms with Crippen LogP contribution in [0.15, 0.2) is 59.6 Å². The minimum Gasteiger partial charge on any atom is -0.497 e. The Morgan fingerprint density at radius 2 is 1.95 bits per heavy atom. The summed E-state index contributed by atoms with van der Waals surface area (Å²) in [7, 11) is 1.66. The first-order chi connectivity index (χ1) is 9.19. The van der Waals surface area contributed by atoms with Crippen LogP contribution in [-0.2, 0) is 0 Å². The van der Waals surface area contributed by atoms with Crippen LogP contribution in [0.4, 0.5) is 5.69 Å². The molecule has 0 fully saturated rings. The third kappa shape index (κ3) is 3.86. The van der Waals surface area contributed by atoms with Crippen LogP contribution in [-0.4, -0.2) is 13.7 Å². The quantitative estimate of drug-likeness (QED) is 0.871. The van der Waals surface area contributed by atoms with Crippen molar-refractivity contribution in [1.29, 1.82) is 0 Å². The van der Waals surface area contributed by atoms with Gasteiger partial charge >= 0.3 is 0 Å². The molecule has 0 bridgehead atoms. The van der Waals surface area contributed by atoms with Crippen molar-refractivity contribution in [1.82, 2.24) is 0 Å². The van der Waals surface area contributed by atoms with Crippen LogP contribution in [0.3, 0.4) is 0 Å². The fourth-order valence-corrected chi connectivity index (χ4v) is 2.24. The highest BCUT2D eigenvalue weighted by Gasteiger charge is 2.01. The number of nitrogens with one attached hydrogen (secondary N) is 1. The van der Waals surface area contributed by atoms with Crippen molar-refractivity contribution in [3.63, 3.8) is 0 Å². The van der Waals surface area contributed by atoms with Gasteiger partial charge in [-0.25, -0.2) is 0 Å². The van der Waals surface area contributed by atoms with E-state index in [9.17, 15) is 0 Å². The van der Waals surface area contributed by atoms with E-state index < -0.39 is 0 Å². The number of ether oxygens (including phenoxy) is 1. The summed E-state index contributed by atoms with van der Waals surface area (Å²) in [4.78, 5) is 0. The summed E-state index contributed by atoms with van der Waals surface area (Å²) < 4.78 is 6.22. The third-order valence-corrected chi connectivity index (χ3v) is 3.25. The summed E-state index contributed by atoms with van der Waals surface area (Å²) in [6.45, 7) is 4.80. The Bertz CT molecular complexity index is 566. The molecule has 2 aromatic rings. The summed E-state index contributed by atoms with van der Waals surface area (Å²) in [5.41, 5.74) is 3.21. The van der Waals surface area contributed by atoms with E-state index in [1.54, 1.807) is 7.11 Å². The number of halogens is 1. The number of rotatable bonds is 5. The van der Waals surface area contributed by atoms with Crippen LogP contribution in [0, 0.1) is 0 Å². The monoisotopic (exact) mass is 317 g/mol. The summed E-state index contributed by atoms with van der Waals surface area (Å²) in [5.74, 6) is 0.821. The van der Waals surface area contributed by atoms with Gasteiger partial charge in [-0.3, -0.25) is 0 Å². The average Bonchev–Trinajstić information content (AvgIpc) is 2.45. The van der Waals surface area contributed by atoms with Crippen molar-refractivity contribution in [2.24, 2.45) is 0 Å². The second kappa shape index (κ2) is 6.43. The zero-order valence-electron chi connectivity index (χ0n) is 10.8. The lowest BCUT2D eigenvalue weighted by molar-refractivity contribution is 0.414. The van der Waals surface area contributed by atoms with E-state index in [-0.39, 0.29) is 0 Å². The minimum absolute atomic E-state index is 0.698. The molecule has 0 saturated carbocycles. The van der Waals surface area contributed by atoms with E-state index in [0.717, 1.165) is 27.0 Å². The Labute approximate surface area is 122 Å². The number of anilines is 1. The van der Waals surface area contributed by atoms with Crippen molar-refractivity contribution in [3.05, 3.63) is 65.1 Å². The van der Waals surface area contributed by atoms with Gasteiger partial charge < -0.3 is 10.1 Å². The Hall–Kier alpha value is -1.74. The second-order valence-electron chi connectivity index (χ2n) is 4.20. The molecule has 0 aliphatic heterocycles. The molecule has 2 rings (SSSR count). The van der Waals surface area contributed by atoms with Gasteiger partial charge in [0.05, 0.1) is 7.11 Å². The molecule has 0 radical (unpaired) electrons. The highest BCUT2D eigenvalue weighted by Crippen LogP contribution is 2.25. The summed E-state index contributed by atoms with van der Waals surface area (Å²) in [6, 6.07) is 16.1. The van der Waals surface area contributed by atoms with E-state index in [1.165, 1.54) is 0 Å². The molecule has 0 unspecified atom stereocenters. The maximum absolute atomic E-state index is 5.23. The molecule has 2 aromatic carbocycles. The molecule has 0 amide bonds. The molecule has 0 aliphatic carbocycles. The Morgan fingerprint density at radius 3 is 2.63 bits per heavy atom. The molecular formula is C16H16BrNO. The molecule has 98 valence electrons. The first-order valence-corrected chi connectivity index (χ1v) is 6.80. The van der Waals surface area contributed by atoms with Gasteiger partial charge in [-0.15, -0.1) is 0 Å². The smallest absolute Gasteiger partial charge is 0.122 e. The molecule has 0 atom stereocenters. The molecule has 0 aliphatic rings. The van der Waals surface area contributed by atoms with E-state index >= 15 is 0 Å². The zero-order valence-corrected chi connectivity index (χ0v) is 12.4. The largest absolute Gasteiger partial charge is 0.497 e. The van der Waals surface area contributed by atoms with Crippen molar-refractivity contribution in [3.8, 4) is 5.75 Å². The predicted molar refractivity (Wildman–Crippen MR) is 84.7 cm³/mol. The molecule has 0 aromatic heterocycles. The number of hydrogen-bond donors (Lipinski definition) is 1. The number of benzene rings is 2. The SMILES string of the molecule is C=C(CNc1cc(Br)cc(OC)c1)c1ccccc1. The normalized spacial score (nSPS) is 10.0. The molecule has 1 N–H and O–H groups in total. The van der Waals surface area contributed by atoms with E-state index in [2.05, 4.69) is 40.0 Å². The van der Waals surface area contributed by atoms with Crippen LogP contribution in [0.25, 0.3) is 5.57 Å². The molecule has 3 heteroatoms. The third-order valence-electron chi connectivity index (χ3n) is 2.79. The summed E-state index contributed by atoms with van der Waals surface area (Å²) >= 11 is 3.46. The lowest BCUT2D eigenvalue weighted by atomic mass is 10.1. The zero-order chi connectivity index (χ0) is 13.7. The van der Waals surface area contributed by atoms with Crippen LogP contribution in [0.2, 0.25) is 0 Å². The summed E-state index contributed by atoms with van der Waals surface area (Å²) in [6.07, 6.45) is 0. The highest BCUT2D eigenvalue weighted by atomic mass is 79.9. The molecule has 0 saturated heterocycles. The Balaban J connectivity index is 2.03. The van der Waals surface area contributed by atoms with Crippen molar-refractivity contribution < 1.29 is 4.74 Å². The highest BCUT2D eigenvalue weighted by molar-refractivity contribution is 9.10. The summed E-state index contributed by atoms with van der Waals surface area (Å²) in [5, 5.41) is 3.35. The van der Waals surface area contributed by atoms with E-state index in [1.807, 2.05) is 36.4 Å². The van der Waals surface area contributed by atoms with Gasteiger partial charge in [0.2, 0.25) is 0 Å². The minimum atomic E-state index is 0.698. The van der Waals surface area contributed by atoms with Crippen molar-refractivity contribution >= 4 is 27.2 Å². The Morgan fingerprint density at radius 1 is 1.21 bits per heavy atom. The van der Waals surface area contributed by atoms with Gasteiger partial charge in [-0.1, -0.05) is 52.8 Å².